The highest BCUT2D eigenvalue weighted by molar-refractivity contribution is 6.26. The number of para-hydroxylation sites is 1. The van der Waals surface area contributed by atoms with E-state index in [1.807, 2.05) is 60.8 Å². The van der Waals surface area contributed by atoms with Gasteiger partial charge in [0.25, 0.3) is 0 Å². The molecule has 1 aliphatic carbocycles. The van der Waals surface area contributed by atoms with Gasteiger partial charge in [0.05, 0.1) is 6.21 Å². The van der Waals surface area contributed by atoms with Crippen molar-refractivity contribution in [1.82, 2.24) is 20.9 Å². The zero-order valence-electron chi connectivity index (χ0n) is 20.5. The van der Waals surface area contributed by atoms with Gasteiger partial charge in [-0.1, -0.05) is 48.5 Å². The van der Waals surface area contributed by atoms with Crippen LogP contribution in [-0.4, -0.2) is 46.8 Å². The minimum absolute atomic E-state index is 0.0386. The van der Waals surface area contributed by atoms with Crippen molar-refractivity contribution in [3.63, 3.8) is 0 Å². The topological polar surface area (TPSA) is 144 Å². The second-order valence-electron chi connectivity index (χ2n) is 9.31. The van der Waals surface area contributed by atoms with Crippen LogP contribution >= 0.6 is 0 Å². The fourth-order valence-corrected chi connectivity index (χ4v) is 4.17. The van der Waals surface area contributed by atoms with Crippen molar-refractivity contribution in [2.75, 3.05) is 0 Å². The van der Waals surface area contributed by atoms with Crippen LogP contribution < -0.4 is 16.0 Å². The number of aromatic nitrogens is 1. The highest BCUT2D eigenvalue weighted by Gasteiger charge is 2.34. The summed E-state index contributed by atoms with van der Waals surface area (Å²) in [5.74, 6) is -1.64. The van der Waals surface area contributed by atoms with Crippen LogP contribution in [0.15, 0.2) is 60.8 Å². The van der Waals surface area contributed by atoms with Crippen LogP contribution in [0.25, 0.3) is 10.9 Å². The number of Topliss-reactive ketones (excluding diaryl/α,β-unsaturated/α-hetero) is 1. The lowest BCUT2D eigenvalue weighted by Gasteiger charge is -2.23. The number of rotatable bonds is 13. The van der Waals surface area contributed by atoms with Gasteiger partial charge in [-0.15, -0.1) is 0 Å². The van der Waals surface area contributed by atoms with Gasteiger partial charge in [0, 0.05) is 42.4 Å². The monoisotopic (exact) mass is 501 g/mol. The second kappa shape index (κ2) is 12.1. The standard InChI is InChI=1S/C28H31N5O4/c29-15-21(34)12-13-24(27(36)31-16-18-6-2-1-3-7-18)32-28(37)25(33-26(35)19-10-11-19)14-20-17-30-23-9-5-4-8-22(20)23/h1-9,15,17,19,24-25,29-30H,10-14,16H2,(H,31,36)(H,32,37)(H,33,35)/t24-,25-/m0/s1. The van der Waals surface area contributed by atoms with Crippen LogP contribution in [0.5, 0.6) is 0 Å². The summed E-state index contributed by atoms with van der Waals surface area (Å²) in [5, 5.41) is 16.5. The molecule has 3 amide bonds. The fourth-order valence-electron chi connectivity index (χ4n) is 4.17. The van der Waals surface area contributed by atoms with E-state index in [0.717, 1.165) is 34.9 Å². The highest BCUT2D eigenvalue weighted by atomic mass is 16.2. The van der Waals surface area contributed by atoms with E-state index in [2.05, 4.69) is 20.9 Å². The third-order valence-corrected chi connectivity index (χ3v) is 6.46. The first-order chi connectivity index (χ1) is 17.9. The molecular weight excluding hydrogens is 470 g/mol. The Kier molecular flexibility index (Phi) is 8.45. The number of fused-ring (bicyclic) bond motifs is 1. The Labute approximate surface area is 214 Å². The molecule has 5 N–H and O–H groups in total. The van der Waals surface area contributed by atoms with E-state index < -0.39 is 29.7 Å². The van der Waals surface area contributed by atoms with Crippen molar-refractivity contribution in [2.45, 2.75) is 50.7 Å². The first-order valence-corrected chi connectivity index (χ1v) is 12.4. The number of carbonyl (C=O) groups excluding carboxylic acids is 4. The molecule has 2 atom stereocenters. The molecule has 37 heavy (non-hydrogen) atoms. The van der Waals surface area contributed by atoms with E-state index in [4.69, 9.17) is 5.41 Å². The zero-order chi connectivity index (χ0) is 26.2. The van der Waals surface area contributed by atoms with Gasteiger partial charge in [0.2, 0.25) is 17.7 Å². The van der Waals surface area contributed by atoms with E-state index in [9.17, 15) is 19.2 Å². The van der Waals surface area contributed by atoms with Gasteiger partial charge in [-0.25, -0.2) is 0 Å². The third kappa shape index (κ3) is 7.13. The first kappa shape index (κ1) is 25.8. The molecule has 0 unspecified atom stereocenters. The van der Waals surface area contributed by atoms with Crippen LogP contribution in [0, 0.1) is 11.3 Å². The Hall–Kier alpha value is -4.27. The Morgan fingerprint density at radius 1 is 0.946 bits per heavy atom. The minimum Gasteiger partial charge on any atom is -0.361 e. The van der Waals surface area contributed by atoms with Crippen molar-refractivity contribution in [2.24, 2.45) is 5.92 Å². The molecule has 1 saturated carbocycles. The molecule has 0 radical (unpaired) electrons. The molecule has 0 saturated heterocycles. The van der Waals surface area contributed by atoms with Crippen LogP contribution in [0.3, 0.4) is 0 Å². The molecule has 9 heteroatoms. The van der Waals surface area contributed by atoms with Gasteiger partial charge in [-0.3, -0.25) is 19.2 Å². The quantitative estimate of drug-likeness (QED) is 0.229. The van der Waals surface area contributed by atoms with Gasteiger partial charge >= 0.3 is 0 Å². The predicted octanol–water partition coefficient (Wildman–Crippen LogP) is 2.41. The number of nitrogens with one attached hydrogen (secondary N) is 5. The predicted molar refractivity (Wildman–Crippen MR) is 140 cm³/mol. The number of amides is 3. The number of benzene rings is 2. The summed E-state index contributed by atoms with van der Waals surface area (Å²) in [6.45, 7) is 0.266. The summed E-state index contributed by atoms with van der Waals surface area (Å²) in [5.41, 5.74) is 2.69. The maximum absolute atomic E-state index is 13.4. The van der Waals surface area contributed by atoms with Gasteiger partial charge in [-0.05, 0) is 36.5 Å². The van der Waals surface area contributed by atoms with E-state index in [1.165, 1.54) is 0 Å². The van der Waals surface area contributed by atoms with Crippen molar-refractivity contribution >= 4 is 40.6 Å². The average molecular weight is 502 g/mol. The SMILES string of the molecule is N=CC(=O)CC[C@H](NC(=O)[C@H](Cc1c[nH]c2ccccc12)NC(=O)C1CC1)C(=O)NCc1ccccc1. The Morgan fingerprint density at radius 2 is 1.68 bits per heavy atom. The zero-order valence-corrected chi connectivity index (χ0v) is 20.5. The Balaban J connectivity index is 1.49. The molecule has 1 fully saturated rings. The normalized spacial score (nSPS) is 14.4. The number of ketones is 1. The van der Waals surface area contributed by atoms with Gasteiger partial charge in [0.1, 0.15) is 12.1 Å². The molecule has 4 rings (SSSR count). The number of carbonyl (C=O) groups is 4. The average Bonchev–Trinajstić information content (AvgIpc) is 3.70. The van der Waals surface area contributed by atoms with Crippen molar-refractivity contribution < 1.29 is 19.2 Å². The number of H-pyrrole nitrogens is 1. The summed E-state index contributed by atoms with van der Waals surface area (Å²) in [7, 11) is 0. The summed E-state index contributed by atoms with van der Waals surface area (Å²) in [6, 6.07) is 15.2. The third-order valence-electron chi connectivity index (χ3n) is 6.46. The smallest absolute Gasteiger partial charge is 0.243 e. The first-order valence-electron chi connectivity index (χ1n) is 12.4. The molecule has 9 nitrogen and oxygen atoms in total. The summed E-state index contributed by atoms with van der Waals surface area (Å²) >= 11 is 0. The molecular formula is C28H31N5O4. The molecule has 0 bridgehead atoms. The lowest BCUT2D eigenvalue weighted by atomic mass is 10.0. The van der Waals surface area contributed by atoms with Crippen molar-refractivity contribution in [3.05, 3.63) is 71.9 Å². The van der Waals surface area contributed by atoms with Crippen molar-refractivity contribution in [1.29, 1.82) is 5.41 Å². The minimum atomic E-state index is -0.997. The lowest BCUT2D eigenvalue weighted by Crippen LogP contribution is -2.54. The number of hydrogen-bond acceptors (Lipinski definition) is 5. The molecule has 192 valence electrons. The maximum Gasteiger partial charge on any atom is 0.243 e. The van der Waals surface area contributed by atoms with Crippen LogP contribution in [-0.2, 0) is 32.1 Å². The van der Waals surface area contributed by atoms with Gasteiger partial charge in [-0.2, -0.15) is 0 Å². The summed E-state index contributed by atoms with van der Waals surface area (Å²) < 4.78 is 0. The van der Waals surface area contributed by atoms with E-state index in [1.54, 1.807) is 0 Å². The van der Waals surface area contributed by atoms with E-state index >= 15 is 0 Å². The van der Waals surface area contributed by atoms with Crippen LogP contribution in [0.4, 0.5) is 0 Å². The molecule has 3 aromatic rings. The highest BCUT2D eigenvalue weighted by Crippen LogP contribution is 2.29. The number of aromatic amines is 1. The van der Waals surface area contributed by atoms with Crippen LogP contribution in [0.2, 0.25) is 0 Å². The van der Waals surface area contributed by atoms with Gasteiger partial charge in [0.15, 0.2) is 5.78 Å². The number of hydrogen-bond donors (Lipinski definition) is 5. The molecule has 2 aromatic carbocycles. The summed E-state index contributed by atoms with van der Waals surface area (Å²) in [4.78, 5) is 54.0. The van der Waals surface area contributed by atoms with Gasteiger partial charge < -0.3 is 26.3 Å². The summed E-state index contributed by atoms with van der Waals surface area (Å²) in [6.07, 6.45) is 4.34. The van der Waals surface area contributed by atoms with E-state index in [-0.39, 0.29) is 37.6 Å². The molecule has 0 aliphatic heterocycles. The Bertz CT molecular complexity index is 1280. The molecule has 1 aliphatic rings. The largest absolute Gasteiger partial charge is 0.361 e. The second-order valence-corrected chi connectivity index (χ2v) is 9.31. The lowest BCUT2D eigenvalue weighted by molar-refractivity contribution is -0.132. The van der Waals surface area contributed by atoms with E-state index in [0.29, 0.717) is 6.21 Å². The maximum atomic E-state index is 13.4. The van der Waals surface area contributed by atoms with Crippen LogP contribution in [0.1, 0.15) is 36.8 Å². The fraction of sp³-hybridized carbons (Fsp3) is 0.321. The molecule has 0 spiro atoms. The Morgan fingerprint density at radius 3 is 2.41 bits per heavy atom. The molecule has 1 aromatic heterocycles. The van der Waals surface area contributed by atoms with Crippen molar-refractivity contribution in [3.8, 4) is 0 Å². The molecule has 1 heterocycles.